The molecule has 1 N–H and O–H groups in total. The number of sulfonamides is 1. The van der Waals surface area contributed by atoms with Crippen LogP contribution >= 0.6 is 11.6 Å². The largest absolute Gasteiger partial charge is 0.357 e. The number of aryl methyl sites for hydroxylation is 1. The highest BCUT2D eigenvalue weighted by molar-refractivity contribution is 7.92. The second kappa shape index (κ2) is 10.1. The number of likely N-dealkylation sites (N-methyl/N-ethyl adjacent to an activating group) is 1. The molecule has 0 radical (unpaired) electrons. The van der Waals surface area contributed by atoms with E-state index >= 15 is 0 Å². The van der Waals surface area contributed by atoms with Gasteiger partial charge in [-0.25, -0.2) is 12.8 Å². The molecular weight excluding hydrogens is 445 g/mol. The minimum Gasteiger partial charge on any atom is -0.357 e. The Kier molecular flexibility index (Phi) is 8.02. The molecule has 0 aliphatic heterocycles. The first-order valence-corrected chi connectivity index (χ1v) is 11.7. The number of carbonyl (C=O) groups excluding carboxylic acids is 2. The van der Waals surface area contributed by atoms with Gasteiger partial charge in [-0.1, -0.05) is 35.9 Å². The van der Waals surface area contributed by atoms with E-state index in [4.69, 9.17) is 11.6 Å². The highest BCUT2D eigenvalue weighted by atomic mass is 35.5. The summed E-state index contributed by atoms with van der Waals surface area (Å²) in [6, 6.07) is 9.63. The quantitative estimate of drug-likeness (QED) is 0.644. The first-order valence-electron chi connectivity index (χ1n) is 9.44. The Morgan fingerprint density at radius 3 is 2.42 bits per heavy atom. The molecule has 7 nitrogen and oxygen atoms in total. The number of anilines is 1. The molecule has 2 amide bonds. The zero-order chi connectivity index (χ0) is 23.3. The average molecular weight is 470 g/mol. The van der Waals surface area contributed by atoms with Crippen molar-refractivity contribution in [2.75, 3.05) is 24.2 Å². The maximum atomic E-state index is 14.2. The van der Waals surface area contributed by atoms with E-state index in [1.807, 2.05) is 0 Å². The van der Waals surface area contributed by atoms with E-state index in [0.717, 1.165) is 15.5 Å². The van der Waals surface area contributed by atoms with Gasteiger partial charge in [-0.2, -0.15) is 0 Å². The number of carbonyl (C=O) groups is 2. The van der Waals surface area contributed by atoms with Crippen molar-refractivity contribution in [2.45, 2.75) is 26.4 Å². The molecule has 168 valence electrons. The lowest BCUT2D eigenvalue weighted by Gasteiger charge is -2.31. The highest BCUT2D eigenvalue weighted by Crippen LogP contribution is 2.26. The maximum Gasteiger partial charge on any atom is 0.244 e. The van der Waals surface area contributed by atoms with Crippen molar-refractivity contribution >= 4 is 39.1 Å². The number of amides is 2. The van der Waals surface area contributed by atoms with Crippen LogP contribution in [0.25, 0.3) is 0 Å². The number of nitrogens with zero attached hydrogens (tertiary/aromatic N) is 2. The van der Waals surface area contributed by atoms with Gasteiger partial charge in [-0.3, -0.25) is 13.9 Å². The van der Waals surface area contributed by atoms with Crippen LogP contribution in [-0.4, -0.2) is 51.0 Å². The van der Waals surface area contributed by atoms with E-state index in [9.17, 15) is 22.4 Å². The van der Waals surface area contributed by atoms with Gasteiger partial charge in [0.05, 0.1) is 11.9 Å². The Labute approximate surface area is 186 Å². The summed E-state index contributed by atoms with van der Waals surface area (Å²) in [5.74, 6) is -1.66. The molecule has 2 aromatic carbocycles. The molecule has 1 unspecified atom stereocenters. The van der Waals surface area contributed by atoms with E-state index in [0.29, 0.717) is 10.6 Å². The van der Waals surface area contributed by atoms with Crippen LogP contribution < -0.4 is 9.62 Å². The topological polar surface area (TPSA) is 86.8 Å². The second-order valence-corrected chi connectivity index (χ2v) is 9.45. The summed E-state index contributed by atoms with van der Waals surface area (Å²) < 4.78 is 40.1. The summed E-state index contributed by atoms with van der Waals surface area (Å²) in [4.78, 5) is 26.6. The molecule has 10 heteroatoms. The van der Waals surface area contributed by atoms with Crippen molar-refractivity contribution in [2.24, 2.45) is 0 Å². The number of hydrogen-bond donors (Lipinski definition) is 1. The van der Waals surface area contributed by atoms with Crippen LogP contribution in [-0.2, 0) is 26.2 Å². The third-order valence-electron chi connectivity index (χ3n) is 4.83. The number of nitrogens with one attached hydrogen (secondary N) is 1. The number of benzene rings is 2. The number of halogens is 2. The molecule has 2 rings (SSSR count). The third-order valence-corrected chi connectivity index (χ3v) is 6.19. The monoisotopic (exact) mass is 469 g/mol. The van der Waals surface area contributed by atoms with E-state index in [1.54, 1.807) is 25.1 Å². The Morgan fingerprint density at radius 1 is 1.19 bits per heavy atom. The molecule has 0 heterocycles. The molecule has 0 spiro atoms. The van der Waals surface area contributed by atoms with Crippen LogP contribution in [0.5, 0.6) is 0 Å². The summed E-state index contributed by atoms with van der Waals surface area (Å²) in [6.45, 7) is 2.41. The lowest BCUT2D eigenvalue weighted by molar-refractivity contribution is -0.139. The Hall–Kier alpha value is -2.65. The lowest BCUT2D eigenvalue weighted by atomic mass is 10.1. The van der Waals surface area contributed by atoms with Crippen molar-refractivity contribution in [1.29, 1.82) is 0 Å². The van der Waals surface area contributed by atoms with Crippen LogP contribution in [0.3, 0.4) is 0 Å². The normalized spacial score (nSPS) is 12.2. The Bertz CT molecular complexity index is 1080. The van der Waals surface area contributed by atoms with Gasteiger partial charge in [0.15, 0.2) is 0 Å². The predicted molar refractivity (Wildman–Crippen MR) is 119 cm³/mol. The van der Waals surface area contributed by atoms with Crippen LogP contribution in [0.2, 0.25) is 5.02 Å². The van der Waals surface area contributed by atoms with E-state index < -0.39 is 40.2 Å². The van der Waals surface area contributed by atoms with Gasteiger partial charge >= 0.3 is 0 Å². The molecule has 0 aliphatic carbocycles. The smallest absolute Gasteiger partial charge is 0.244 e. The zero-order valence-corrected chi connectivity index (χ0v) is 19.3. The van der Waals surface area contributed by atoms with Crippen LogP contribution in [0.15, 0.2) is 42.5 Å². The molecule has 2 aromatic rings. The van der Waals surface area contributed by atoms with Gasteiger partial charge < -0.3 is 10.2 Å². The number of hydrogen-bond acceptors (Lipinski definition) is 4. The van der Waals surface area contributed by atoms with E-state index in [1.165, 1.54) is 38.2 Å². The summed E-state index contributed by atoms with van der Waals surface area (Å²) in [7, 11) is -2.45. The van der Waals surface area contributed by atoms with Gasteiger partial charge in [-0.15, -0.1) is 0 Å². The fourth-order valence-electron chi connectivity index (χ4n) is 3.05. The minimum atomic E-state index is -3.87. The van der Waals surface area contributed by atoms with Gasteiger partial charge in [-0.05, 0) is 37.6 Å². The summed E-state index contributed by atoms with van der Waals surface area (Å²) in [6.07, 6.45) is 0.976. The van der Waals surface area contributed by atoms with Crippen LogP contribution in [0.1, 0.15) is 18.1 Å². The Balaban J connectivity index is 2.45. The van der Waals surface area contributed by atoms with Crippen molar-refractivity contribution < 1.29 is 22.4 Å². The molecule has 31 heavy (non-hydrogen) atoms. The van der Waals surface area contributed by atoms with Gasteiger partial charge in [0.1, 0.15) is 18.4 Å². The standard InChI is InChI=1S/C21H25ClFN3O4S/c1-14-9-10-17(22)11-19(14)26(31(4,29)30)13-20(27)25(15(2)21(28)24-3)12-16-7-5-6-8-18(16)23/h5-11,15H,12-13H2,1-4H3,(H,24,28). The molecule has 0 saturated carbocycles. The van der Waals surface area contributed by atoms with Gasteiger partial charge in [0, 0.05) is 24.2 Å². The molecule has 0 aromatic heterocycles. The molecule has 0 aliphatic rings. The van der Waals surface area contributed by atoms with Crippen LogP contribution in [0, 0.1) is 12.7 Å². The fraction of sp³-hybridized carbons (Fsp3) is 0.333. The Morgan fingerprint density at radius 2 is 1.84 bits per heavy atom. The molecule has 0 fully saturated rings. The van der Waals surface area contributed by atoms with Crippen LogP contribution in [0.4, 0.5) is 10.1 Å². The van der Waals surface area contributed by atoms with Crippen molar-refractivity contribution in [3.8, 4) is 0 Å². The second-order valence-electron chi connectivity index (χ2n) is 7.10. The summed E-state index contributed by atoms with van der Waals surface area (Å²) in [5, 5.41) is 2.77. The SMILES string of the molecule is CNC(=O)C(C)N(Cc1ccccc1F)C(=O)CN(c1cc(Cl)ccc1C)S(C)(=O)=O. The third kappa shape index (κ3) is 6.18. The van der Waals surface area contributed by atoms with E-state index in [-0.39, 0.29) is 17.8 Å². The predicted octanol–water partition coefficient (Wildman–Crippen LogP) is 2.72. The molecular formula is C21H25ClFN3O4S. The highest BCUT2D eigenvalue weighted by Gasteiger charge is 2.30. The average Bonchev–Trinajstić information content (AvgIpc) is 2.71. The summed E-state index contributed by atoms with van der Waals surface area (Å²) in [5.41, 5.74) is 1.06. The summed E-state index contributed by atoms with van der Waals surface area (Å²) >= 11 is 6.03. The maximum absolute atomic E-state index is 14.2. The molecule has 0 saturated heterocycles. The molecule has 1 atom stereocenters. The zero-order valence-electron chi connectivity index (χ0n) is 17.7. The lowest BCUT2D eigenvalue weighted by Crippen LogP contribution is -2.50. The van der Waals surface area contributed by atoms with Crippen molar-refractivity contribution in [3.05, 3.63) is 64.4 Å². The van der Waals surface area contributed by atoms with Gasteiger partial charge in [0.2, 0.25) is 21.8 Å². The minimum absolute atomic E-state index is 0.202. The first kappa shape index (κ1) is 24.6. The first-order chi connectivity index (χ1) is 14.5. The fourth-order valence-corrected chi connectivity index (χ4v) is 4.11. The van der Waals surface area contributed by atoms with E-state index in [2.05, 4.69) is 5.32 Å². The number of rotatable bonds is 8. The van der Waals surface area contributed by atoms with Crippen molar-refractivity contribution in [1.82, 2.24) is 10.2 Å². The van der Waals surface area contributed by atoms with Gasteiger partial charge in [0.25, 0.3) is 0 Å². The molecule has 0 bridgehead atoms. The van der Waals surface area contributed by atoms with Crippen molar-refractivity contribution in [3.63, 3.8) is 0 Å².